The van der Waals surface area contributed by atoms with E-state index in [0.717, 1.165) is 99.2 Å². The first kappa shape index (κ1) is 36.7. The molecule has 0 spiro atoms. The van der Waals surface area contributed by atoms with Gasteiger partial charge in [-0.2, -0.15) is 0 Å². The molecule has 0 saturated heterocycles. The van der Waals surface area contributed by atoms with Crippen molar-refractivity contribution < 1.29 is 4.42 Å². The number of furan rings is 1. The minimum Gasteiger partial charge on any atom is -0.455 e. The first-order valence-corrected chi connectivity index (χ1v) is 22.5. The molecule has 0 atom stereocenters. The van der Waals surface area contributed by atoms with Crippen LogP contribution in [0.1, 0.15) is 22.3 Å². The number of aromatic nitrogens is 3. The van der Waals surface area contributed by atoms with Crippen molar-refractivity contribution in [3.05, 3.63) is 247 Å². The molecule has 9 aromatic carbocycles. The molecule has 4 nitrogen and oxygen atoms in total. The monoisotopic (exact) mass is 839 g/mol. The summed E-state index contributed by atoms with van der Waals surface area (Å²) in [5.74, 6) is 0. The molecule has 306 valence electrons. The molecule has 66 heavy (non-hydrogen) atoms. The second kappa shape index (κ2) is 14.1. The van der Waals surface area contributed by atoms with E-state index in [1.165, 1.54) is 33.4 Å². The molecular formula is C62H37N3O. The van der Waals surface area contributed by atoms with Crippen LogP contribution < -0.4 is 0 Å². The Balaban J connectivity index is 1.08. The average Bonchev–Trinajstić information content (AvgIpc) is 3.93. The lowest BCUT2D eigenvalue weighted by Gasteiger charge is -2.34. The summed E-state index contributed by atoms with van der Waals surface area (Å²) in [6.07, 6.45) is 0. The van der Waals surface area contributed by atoms with E-state index in [2.05, 4.69) is 212 Å². The van der Waals surface area contributed by atoms with E-state index in [1.807, 2.05) is 12.1 Å². The summed E-state index contributed by atoms with van der Waals surface area (Å²) in [5, 5.41) is 7.40. The van der Waals surface area contributed by atoms with Gasteiger partial charge < -0.3 is 4.42 Å². The number of para-hydroxylation sites is 2. The number of pyridine rings is 3. The zero-order chi connectivity index (χ0) is 43.3. The minimum atomic E-state index is -0.553. The maximum absolute atomic E-state index is 6.96. The quantitative estimate of drug-likeness (QED) is 0.162. The lowest BCUT2D eigenvalue weighted by molar-refractivity contribution is 0.670. The lowest BCUT2D eigenvalue weighted by atomic mass is 9.67. The Hall–Kier alpha value is -8.73. The normalized spacial score (nSPS) is 13.0. The van der Waals surface area contributed by atoms with E-state index in [1.54, 1.807) is 0 Å². The molecule has 0 fully saturated rings. The molecule has 4 heterocycles. The summed E-state index contributed by atoms with van der Waals surface area (Å²) in [5.41, 5.74) is 16.8. The van der Waals surface area contributed by atoms with Crippen LogP contribution in [0, 0.1) is 0 Å². The highest BCUT2D eigenvalue weighted by Gasteiger charge is 2.46. The zero-order valence-electron chi connectivity index (χ0n) is 35.6. The van der Waals surface area contributed by atoms with Crippen molar-refractivity contribution in [2.24, 2.45) is 0 Å². The summed E-state index contributed by atoms with van der Waals surface area (Å²) < 4.78 is 6.96. The van der Waals surface area contributed by atoms with Crippen LogP contribution in [-0.4, -0.2) is 15.0 Å². The third kappa shape index (κ3) is 5.24. The summed E-state index contributed by atoms with van der Waals surface area (Å²) in [6.45, 7) is 0. The van der Waals surface area contributed by atoms with Crippen LogP contribution in [0.4, 0.5) is 0 Å². The van der Waals surface area contributed by atoms with Gasteiger partial charge >= 0.3 is 0 Å². The standard InChI is InChI=1S/C62H37N3O/c1-4-16-38(17-5-1)52-34-31-39-28-29-40-32-35-54(65-60(40)59(39)63-52)48-37-49-56(57-47-24-12-15-27-55(47)66-61(48)57)46-23-11-14-26-53(46)64-58(49)41-30-33-45-44-22-10-13-25-50(44)62(51(45)36-41,42-18-6-2-7-19-42)43-20-8-3-9-21-43/h1-37H. The lowest BCUT2D eigenvalue weighted by Crippen LogP contribution is -2.28. The summed E-state index contributed by atoms with van der Waals surface area (Å²) >= 11 is 0. The molecule has 0 saturated carbocycles. The molecule has 1 aliphatic carbocycles. The highest BCUT2D eigenvalue weighted by molar-refractivity contribution is 6.30. The van der Waals surface area contributed by atoms with Crippen molar-refractivity contribution in [1.29, 1.82) is 0 Å². The summed E-state index contributed by atoms with van der Waals surface area (Å²) in [4.78, 5) is 16.4. The fourth-order valence-corrected chi connectivity index (χ4v) is 11.0. The molecule has 4 heteroatoms. The van der Waals surface area contributed by atoms with Crippen molar-refractivity contribution in [2.75, 3.05) is 0 Å². The van der Waals surface area contributed by atoms with Crippen LogP contribution in [0.2, 0.25) is 0 Å². The highest BCUT2D eigenvalue weighted by Crippen LogP contribution is 2.57. The van der Waals surface area contributed by atoms with Gasteiger partial charge in [-0.05, 0) is 69.8 Å². The van der Waals surface area contributed by atoms with Gasteiger partial charge in [0.1, 0.15) is 11.2 Å². The number of nitrogens with zero attached hydrogens (tertiary/aromatic N) is 3. The molecule has 13 aromatic rings. The van der Waals surface area contributed by atoms with Gasteiger partial charge in [-0.25, -0.2) is 15.0 Å². The summed E-state index contributed by atoms with van der Waals surface area (Å²) in [6, 6.07) is 80.2. The number of benzene rings is 9. The Bertz CT molecular complexity index is 4060. The molecular weight excluding hydrogens is 803 g/mol. The topological polar surface area (TPSA) is 51.8 Å². The Morgan fingerprint density at radius 2 is 0.955 bits per heavy atom. The van der Waals surface area contributed by atoms with E-state index < -0.39 is 5.41 Å². The first-order chi connectivity index (χ1) is 32.7. The van der Waals surface area contributed by atoms with Gasteiger partial charge in [-0.15, -0.1) is 0 Å². The third-order valence-electron chi connectivity index (χ3n) is 13.9. The van der Waals surface area contributed by atoms with Crippen LogP contribution in [0.3, 0.4) is 0 Å². The SMILES string of the molecule is c1ccc(-c2ccc3ccc4ccc(-c5cc6c(-c7ccc8c(c7)C(c7ccccc7)(c7ccccc7)c7ccccc7-8)nc7ccccc7c6c6c5oc5ccccc56)nc4c3n2)cc1. The second-order valence-corrected chi connectivity index (χ2v) is 17.4. The first-order valence-electron chi connectivity index (χ1n) is 22.5. The Morgan fingerprint density at radius 3 is 1.71 bits per heavy atom. The van der Waals surface area contributed by atoms with Crippen LogP contribution >= 0.6 is 0 Å². The molecule has 0 unspecified atom stereocenters. The van der Waals surface area contributed by atoms with Crippen LogP contribution in [0.5, 0.6) is 0 Å². The third-order valence-corrected chi connectivity index (χ3v) is 13.9. The van der Waals surface area contributed by atoms with Crippen molar-refractivity contribution >= 4 is 65.4 Å². The number of fused-ring (bicyclic) bond motifs is 13. The van der Waals surface area contributed by atoms with Crippen molar-refractivity contribution in [1.82, 2.24) is 15.0 Å². The Labute approximate surface area is 380 Å². The molecule has 1 aliphatic rings. The highest BCUT2D eigenvalue weighted by atomic mass is 16.3. The van der Waals surface area contributed by atoms with Gasteiger partial charge in [0.25, 0.3) is 0 Å². The Morgan fingerprint density at radius 1 is 0.364 bits per heavy atom. The zero-order valence-corrected chi connectivity index (χ0v) is 35.6. The van der Waals surface area contributed by atoms with Crippen LogP contribution in [0.25, 0.3) is 110 Å². The van der Waals surface area contributed by atoms with Gasteiger partial charge in [0.05, 0.1) is 39.0 Å². The molecule has 0 aliphatic heterocycles. The second-order valence-electron chi connectivity index (χ2n) is 17.4. The van der Waals surface area contributed by atoms with E-state index in [-0.39, 0.29) is 0 Å². The maximum atomic E-state index is 6.96. The van der Waals surface area contributed by atoms with Crippen molar-refractivity contribution in [2.45, 2.75) is 5.41 Å². The van der Waals surface area contributed by atoms with E-state index >= 15 is 0 Å². The fourth-order valence-electron chi connectivity index (χ4n) is 11.0. The molecule has 0 radical (unpaired) electrons. The van der Waals surface area contributed by atoms with Crippen LogP contribution in [-0.2, 0) is 5.41 Å². The maximum Gasteiger partial charge on any atom is 0.145 e. The number of hydrogen-bond donors (Lipinski definition) is 0. The smallest absolute Gasteiger partial charge is 0.145 e. The van der Waals surface area contributed by atoms with Gasteiger partial charge in [0.2, 0.25) is 0 Å². The van der Waals surface area contributed by atoms with Gasteiger partial charge in [0, 0.05) is 54.4 Å². The molecule has 4 aromatic heterocycles. The van der Waals surface area contributed by atoms with Gasteiger partial charge in [0.15, 0.2) is 0 Å². The molecule has 0 amide bonds. The molecule has 14 rings (SSSR count). The molecule has 0 N–H and O–H groups in total. The van der Waals surface area contributed by atoms with Gasteiger partial charge in [-0.3, -0.25) is 0 Å². The number of rotatable bonds is 5. The Kier molecular flexibility index (Phi) is 7.87. The van der Waals surface area contributed by atoms with Crippen LogP contribution in [0.15, 0.2) is 229 Å². The van der Waals surface area contributed by atoms with E-state index in [4.69, 9.17) is 19.4 Å². The van der Waals surface area contributed by atoms with E-state index in [0.29, 0.717) is 0 Å². The van der Waals surface area contributed by atoms with Gasteiger partial charge in [-0.1, -0.05) is 188 Å². The fraction of sp³-hybridized carbons (Fsp3) is 0.0161. The predicted octanol–water partition coefficient (Wildman–Crippen LogP) is 15.7. The predicted molar refractivity (Wildman–Crippen MR) is 271 cm³/mol. The minimum absolute atomic E-state index is 0.553. The largest absolute Gasteiger partial charge is 0.455 e. The molecule has 0 bridgehead atoms. The summed E-state index contributed by atoms with van der Waals surface area (Å²) in [7, 11) is 0. The van der Waals surface area contributed by atoms with E-state index in [9.17, 15) is 0 Å². The van der Waals surface area contributed by atoms with Crippen molar-refractivity contribution in [3.8, 4) is 44.9 Å². The van der Waals surface area contributed by atoms with Crippen molar-refractivity contribution in [3.63, 3.8) is 0 Å². The average molecular weight is 840 g/mol. The number of hydrogen-bond acceptors (Lipinski definition) is 4.